The van der Waals surface area contributed by atoms with Crippen LogP contribution in [0.4, 0.5) is 8.78 Å². The van der Waals surface area contributed by atoms with E-state index >= 15 is 0 Å². The zero-order chi connectivity index (χ0) is 19.8. The molecule has 0 atom stereocenters. The van der Waals surface area contributed by atoms with Crippen molar-refractivity contribution in [3.63, 3.8) is 0 Å². The number of alkyl halides is 2. The van der Waals surface area contributed by atoms with Crippen LogP contribution in [-0.2, 0) is 5.75 Å². The van der Waals surface area contributed by atoms with Crippen molar-refractivity contribution < 1.29 is 8.78 Å². The van der Waals surface area contributed by atoms with Gasteiger partial charge in [0.2, 0.25) is 0 Å². The van der Waals surface area contributed by atoms with Crippen molar-refractivity contribution in [2.24, 2.45) is 0 Å². The highest BCUT2D eigenvalue weighted by Gasteiger charge is 2.13. The normalized spacial score (nSPS) is 10.4. The third kappa shape index (κ3) is 5.57. The van der Waals surface area contributed by atoms with Crippen molar-refractivity contribution in [1.29, 1.82) is 10.8 Å². The molecule has 0 aliphatic rings. The van der Waals surface area contributed by atoms with E-state index in [2.05, 4.69) is 12.1 Å². The average molecular weight is 426 g/mol. The lowest BCUT2D eigenvalue weighted by atomic mass is 10.2. The largest absolute Gasteiger partial charge is 0.312 e. The Bertz CT molecular complexity index is 929. The molecule has 3 nitrogen and oxygen atoms in total. The number of hydrogen-bond acceptors (Lipinski definition) is 4. The van der Waals surface area contributed by atoms with E-state index in [4.69, 9.17) is 22.4 Å². The third-order valence-corrected chi connectivity index (χ3v) is 5.62. The van der Waals surface area contributed by atoms with Crippen LogP contribution in [0.15, 0.2) is 59.6 Å². The number of nitrogens with one attached hydrogen (secondary N) is 2. The SMILES string of the molecule is CF.N=C(CF)SC(=N)c1ccc2c(Cl)cc(SCc3ccccc3)cn12. The van der Waals surface area contributed by atoms with Crippen molar-refractivity contribution in [1.82, 2.24) is 4.40 Å². The monoisotopic (exact) mass is 425 g/mol. The number of halogens is 3. The lowest BCUT2D eigenvalue weighted by Gasteiger charge is -2.09. The summed E-state index contributed by atoms with van der Waals surface area (Å²) in [6.45, 7) is -0.866. The Balaban J connectivity index is 0.00000126. The molecule has 0 fully saturated rings. The second kappa shape index (κ2) is 10.5. The summed E-state index contributed by atoms with van der Waals surface area (Å²) < 4.78 is 23.8. The van der Waals surface area contributed by atoms with E-state index in [1.807, 2.05) is 40.9 Å². The second-order valence-electron chi connectivity index (χ2n) is 5.26. The van der Waals surface area contributed by atoms with Crippen LogP contribution < -0.4 is 0 Å². The average Bonchev–Trinajstić information content (AvgIpc) is 3.13. The van der Waals surface area contributed by atoms with Gasteiger partial charge >= 0.3 is 0 Å². The molecule has 2 aromatic heterocycles. The van der Waals surface area contributed by atoms with Crippen molar-refractivity contribution in [2.75, 3.05) is 13.9 Å². The number of rotatable bonds is 5. The number of nitrogens with zero attached hydrogens (tertiary/aromatic N) is 1. The molecule has 0 bridgehead atoms. The molecule has 0 spiro atoms. The second-order valence-corrected chi connectivity index (χ2v) is 7.82. The summed E-state index contributed by atoms with van der Waals surface area (Å²) in [5.41, 5.74) is 2.61. The van der Waals surface area contributed by atoms with Crippen molar-refractivity contribution in [3.8, 4) is 0 Å². The number of fused-ring (bicyclic) bond motifs is 1. The van der Waals surface area contributed by atoms with Gasteiger partial charge in [-0.2, -0.15) is 0 Å². The van der Waals surface area contributed by atoms with E-state index < -0.39 is 6.67 Å². The van der Waals surface area contributed by atoms with Crippen molar-refractivity contribution in [3.05, 3.63) is 71.0 Å². The molecule has 142 valence electrons. The van der Waals surface area contributed by atoms with Gasteiger partial charge in [-0.15, -0.1) is 11.8 Å². The summed E-state index contributed by atoms with van der Waals surface area (Å²) in [6.07, 6.45) is 1.93. The van der Waals surface area contributed by atoms with E-state index in [-0.39, 0.29) is 10.1 Å². The summed E-state index contributed by atoms with van der Waals surface area (Å²) in [4.78, 5) is 0.983. The van der Waals surface area contributed by atoms with E-state index in [1.165, 1.54) is 5.56 Å². The number of pyridine rings is 1. The molecule has 27 heavy (non-hydrogen) atoms. The predicted octanol–water partition coefficient (Wildman–Crippen LogP) is 6.48. The summed E-state index contributed by atoms with van der Waals surface area (Å²) in [7, 11) is 0.500. The molecule has 0 aliphatic heterocycles. The first-order chi connectivity index (χ1) is 13.1. The van der Waals surface area contributed by atoms with Crippen LogP contribution in [0, 0.1) is 10.8 Å². The number of thioether (sulfide) groups is 2. The fourth-order valence-corrected chi connectivity index (χ4v) is 4.17. The Morgan fingerprint density at radius 2 is 1.81 bits per heavy atom. The Morgan fingerprint density at radius 3 is 2.48 bits per heavy atom. The number of hydrogen-bond donors (Lipinski definition) is 2. The highest BCUT2D eigenvalue weighted by atomic mass is 35.5. The van der Waals surface area contributed by atoms with E-state index in [0.29, 0.717) is 17.9 Å². The van der Waals surface area contributed by atoms with Gasteiger partial charge in [0.05, 0.1) is 23.4 Å². The molecule has 0 saturated heterocycles. The first-order valence-corrected chi connectivity index (χ1v) is 10.0. The smallest absolute Gasteiger partial charge is 0.137 e. The van der Waals surface area contributed by atoms with Crippen LogP contribution in [0.2, 0.25) is 5.02 Å². The molecule has 3 aromatic rings. The Kier molecular flexibility index (Phi) is 8.34. The van der Waals surface area contributed by atoms with Crippen LogP contribution in [0.3, 0.4) is 0 Å². The summed E-state index contributed by atoms with van der Waals surface area (Å²) in [5.74, 6) is 0.817. The fourth-order valence-electron chi connectivity index (χ4n) is 2.35. The minimum absolute atomic E-state index is 0.129. The minimum Gasteiger partial charge on any atom is -0.312 e. The van der Waals surface area contributed by atoms with Crippen LogP contribution in [-0.4, -0.2) is 28.3 Å². The van der Waals surface area contributed by atoms with Crippen LogP contribution in [0.1, 0.15) is 11.3 Å². The highest BCUT2D eigenvalue weighted by Crippen LogP contribution is 2.30. The Morgan fingerprint density at radius 1 is 1.11 bits per heavy atom. The maximum absolute atomic E-state index is 12.5. The Labute approximate surface area is 170 Å². The summed E-state index contributed by atoms with van der Waals surface area (Å²) >= 11 is 8.86. The molecule has 1 aromatic carbocycles. The van der Waals surface area contributed by atoms with E-state index in [0.717, 1.165) is 27.9 Å². The van der Waals surface area contributed by atoms with Gasteiger partial charge < -0.3 is 4.40 Å². The lowest BCUT2D eigenvalue weighted by Crippen LogP contribution is -2.04. The van der Waals surface area contributed by atoms with Gasteiger partial charge in [0.1, 0.15) is 16.8 Å². The lowest BCUT2D eigenvalue weighted by molar-refractivity contribution is 0.584. The van der Waals surface area contributed by atoms with Gasteiger partial charge in [0.25, 0.3) is 0 Å². The van der Waals surface area contributed by atoms with E-state index in [9.17, 15) is 8.78 Å². The van der Waals surface area contributed by atoms with Crippen molar-refractivity contribution >= 4 is 50.7 Å². The quantitative estimate of drug-likeness (QED) is 0.279. The molecule has 2 N–H and O–H groups in total. The number of aromatic nitrogens is 1. The minimum atomic E-state index is -0.866. The van der Waals surface area contributed by atoms with Crippen LogP contribution >= 0.6 is 35.1 Å². The molecule has 2 heterocycles. The molecule has 3 rings (SSSR count). The first kappa shape index (κ1) is 21.5. The fraction of sp³-hybridized carbons (Fsp3) is 0.158. The molecule has 0 saturated carbocycles. The molecule has 0 radical (unpaired) electrons. The maximum atomic E-state index is 12.5. The van der Waals surface area contributed by atoms with Crippen LogP contribution in [0.5, 0.6) is 0 Å². The van der Waals surface area contributed by atoms with Gasteiger partial charge in [0, 0.05) is 16.8 Å². The van der Waals surface area contributed by atoms with Gasteiger partial charge in [-0.05, 0) is 23.8 Å². The third-order valence-electron chi connectivity index (χ3n) is 3.52. The Hall–Kier alpha value is -1.83. The standard InChI is InChI=1S/C18H15ClFN3S2.CH3F/c19-14-8-13(24-11-12-4-2-1-3-5-12)10-23-15(14)6-7-16(23)18(22)25-17(21)9-20;1-2/h1-8,10,21-22H,9,11H2;1H3. The molecule has 0 aliphatic carbocycles. The molecule has 0 unspecified atom stereocenters. The molecule has 8 heteroatoms. The van der Waals surface area contributed by atoms with Gasteiger partial charge in [-0.3, -0.25) is 15.2 Å². The van der Waals surface area contributed by atoms with Gasteiger partial charge in [-0.1, -0.05) is 53.7 Å². The molecular weight excluding hydrogens is 408 g/mol. The zero-order valence-corrected chi connectivity index (χ0v) is 16.9. The zero-order valence-electron chi connectivity index (χ0n) is 14.5. The van der Waals surface area contributed by atoms with Gasteiger partial charge in [-0.25, -0.2) is 4.39 Å². The topological polar surface area (TPSA) is 52.1 Å². The maximum Gasteiger partial charge on any atom is 0.137 e. The molecule has 0 amide bonds. The molecular formula is C19H18ClF2N3S2. The summed E-state index contributed by atoms with van der Waals surface area (Å²) in [6, 6.07) is 15.7. The summed E-state index contributed by atoms with van der Waals surface area (Å²) in [5, 5.41) is 16.1. The van der Waals surface area contributed by atoms with Crippen LogP contribution in [0.25, 0.3) is 5.52 Å². The predicted molar refractivity (Wildman–Crippen MR) is 114 cm³/mol. The first-order valence-electron chi connectivity index (χ1n) is 7.84. The highest BCUT2D eigenvalue weighted by molar-refractivity contribution is 8.26. The van der Waals surface area contributed by atoms with Crippen molar-refractivity contribution in [2.45, 2.75) is 10.6 Å². The number of benzene rings is 1. The van der Waals surface area contributed by atoms with E-state index in [1.54, 1.807) is 17.8 Å². The van der Waals surface area contributed by atoms with Gasteiger partial charge in [0.15, 0.2) is 0 Å².